The Labute approximate surface area is 190 Å². The Morgan fingerprint density at radius 1 is 0.931 bits per heavy atom. The SMILES string of the molecule is CCCCCCNCc1c(OCc2ccc(Cl)cc2Cl)ccc2ccccc12.Cl. The molecule has 0 radical (unpaired) electrons. The zero-order valence-corrected chi connectivity index (χ0v) is 19.0. The molecule has 3 rings (SSSR count). The largest absolute Gasteiger partial charge is 0.488 e. The van der Waals surface area contributed by atoms with Crippen LogP contribution in [0.3, 0.4) is 0 Å². The Balaban J connectivity index is 0.00000300. The number of nitrogens with one attached hydrogen (secondary N) is 1. The summed E-state index contributed by atoms with van der Waals surface area (Å²) in [6.45, 7) is 4.46. The molecule has 0 aliphatic carbocycles. The molecule has 0 spiro atoms. The van der Waals surface area contributed by atoms with Crippen molar-refractivity contribution in [2.24, 2.45) is 0 Å². The van der Waals surface area contributed by atoms with E-state index in [1.54, 1.807) is 6.07 Å². The standard InChI is InChI=1S/C24H27Cl2NO.ClH/c1-2-3-4-7-14-27-16-22-21-9-6-5-8-18(21)11-13-24(22)28-17-19-10-12-20(25)15-23(19)26;/h5-6,8-13,15,27H,2-4,7,14,16-17H2,1H3;1H. The van der Waals surface area contributed by atoms with Crippen molar-refractivity contribution in [3.05, 3.63) is 75.8 Å². The zero-order valence-electron chi connectivity index (χ0n) is 16.7. The van der Waals surface area contributed by atoms with Crippen molar-refractivity contribution in [1.29, 1.82) is 0 Å². The number of hydrogen-bond donors (Lipinski definition) is 1. The van der Waals surface area contributed by atoms with Crippen LogP contribution >= 0.6 is 35.6 Å². The van der Waals surface area contributed by atoms with Gasteiger partial charge in [-0.15, -0.1) is 12.4 Å². The summed E-state index contributed by atoms with van der Waals surface area (Å²) >= 11 is 12.3. The van der Waals surface area contributed by atoms with Crippen LogP contribution in [0.2, 0.25) is 10.0 Å². The van der Waals surface area contributed by atoms with Gasteiger partial charge in [0.1, 0.15) is 12.4 Å². The third-order valence-corrected chi connectivity index (χ3v) is 5.49. The number of benzene rings is 3. The van der Waals surface area contributed by atoms with E-state index in [2.05, 4.69) is 48.6 Å². The van der Waals surface area contributed by atoms with Gasteiger partial charge in [-0.05, 0) is 41.9 Å². The van der Waals surface area contributed by atoms with Gasteiger partial charge in [0.25, 0.3) is 0 Å². The van der Waals surface area contributed by atoms with Crippen molar-refractivity contribution in [2.75, 3.05) is 6.54 Å². The summed E-state index contributed by atoms with van der Waals surface area (Å²) in [5.41, 5.74) is 2.12. The summed E-state index contributed by atoms with van der Waals surface area (Å²) in [5, 5.41) is 7.30. The van der Waals surface area contributed by atoms with E-state index in [-0.39, 0.29) is 12.4 Å². The summed E-state index contributed by atoms with van der Waals surface area (Å²) in [6.07, 6.45) is 5.04. The molecule has 5 heteroatoms. The molecule has 1 N–H and O–H groups in total. The summed E-state index contributed by atoms with van der Waals surface area (Å²) in [6, 6.07) is 18.1. The molecule has 0 saturated heterocycles. The number of halogens is 3. The highest BCUT2D eigenvalue weighted by Crippen LogP contribution is 2.30. The molecule has 0 atom stereocenters. The van der Waals surface area contributed by atoms with E-state index < -0.39 is 0 Å². The number of fused-ring (bicyclic) bond motifs is 1. The minimum Gasteiger partial charge on any atom is -0.488 e. The van der Waals surface area contributed by atoms with Gasteiger partial charge in [-0.1, -0.05) is 85.8 Å². The topological polar surface area (TPSA) is 21.3 Å². The second kappa shape index (κ2) is 12.3. The van der Waals surface area contributed by atoms with Crippen LogP contribution in [-0.4, -0.2) is 6.54 Å². The molecule has 3 aromatic carbocycles. The van der Waals surface area contributed by atoms with Gasteiger partial charge in [0.15, 0.2) is 0 Å². The first-order chi connectivity index (χ1) is 13.7. The maximum atomic E-state index is 6.30. The van der Waals surface area contributed by atoms with Crippen LogP contribution in [0, 0.1) is 0 Å². The van der Waals surface area contributed by atoms with Crippen LogP contribution in [0.5, 0.6) is 5.75 Å². The summed E-state index contributed by atoms with van der Waals surface area (Å²) < 4.78 is 6.18. The molecular weight excluding hydrogens is 425 g/mol. The van der Waals surface area contributed by atoms with Gasteiger partial charge in [0.05, 0.1) is 0 Å². The normalized spacial score (nSPS) is 10.7. The van der Waals surface area contributed by atoms with Gasteiger partial charge in [-0.25, -0.2) is 0 Å². The van der Waals surface area contributed by atoms with E-state index in [0.29, 0.717) is 16.7 Å². The highest BCUT2D eigenvalue weighted by molar-refractivity contribution is 6.35. The van der Waals surface area contributed by atoms with Gasteiger partial charge >= 0.3 is 0 Å². The molecule has 0 amide bonds. The number of hydrogen-bond acceptors (Lipinski definition) is 2. The van der Waals surface area contributed by atoms with Crippen LogP contribution in [0.1, 0.15) is 43.7 Å². The van der Waals surface area contributed by atoms with Crippen molar-refractivity contribution >= 4 is 46.4 Å². The van der Waals surface area contributed by atoms with Crippen molar-refractivity contribution in [3.8, 4) is 5.75 Å². The molecule has 0 aliphatic rings. The van der Waals surface area contributed by atoms with E-state index in [0.717, 1.165) is 24.4 Å². The van der Waals surface area contributed by atoms with Crippen LogP contribution in [0.4, 0.5) is 0 Å². The first kappa shape index (κ1) is 23.8. The van der Waals surface area contributed by atoms with Crippen molar-refractivity contribution < 1.29 is 4.74 Å². The fourth-order valence-electron chi connectivity index (χ4n) is 3.32. The highest BCUT2D eigenvalue weighted by atomic mass is 35.5. The van der Waals surface area contributed by atoms with Gasteiger partial charge < -0.3 is 10.1 Å². The monoisotopic (exact) mass is 451 g/mol. The molecule has 0 bridgehead atoms. The maximum absolute atomic E-state index is 6.30. The first-order valence-corrected chi connectivity index (χ1v) is 10.7. The van der Waals surface area contributed by atoms with Crippen molar-refractivity contribution in [1.82, 2.24) is 5.32 Å². The smallest absolute Gasteiger partial charge is 0.124 e. The molecular formula is C24H28Cl3NO. The summed E-state index contributed by atoms with van der Waals surface area (Å²) in [4.78, 5) is 0. The zero-order chi connectivity index (χ0) is 19.8. The second-order valence-corrected chi connectivity index (χ2v) is 7.87. The van der Waals surface area contributed by atoms with E-state index in [1.807, 2.05) is 12.1 Å². The van der Waals surface area contributed by atoms with Crippen LogP contribution in [-0.2, 0) is 13.2 Å². The Kier molecular flexibility index (Phi) is 10.1. The molecule has 0 aromatic heterocycles. The van der Waals surface area contributed by atoms with E-state index in [9.17, 15) is 0 Å². The fraction of sp³-hybridized carbons (Fsp3) is 0.333. The van der Waals surface area contributed by atoms with Crippen LogP contribution in [0.25, 0.3) is 10.8 Å². The highest BCUT2D eigenvalue weighted by Gasteiger charge is 2.10. The van der Waals surface area contributed by atoms with Gasteiger partial charge in [-0.3, -0.25) is 0 Å². The molecule has 29 heavy (non-hydrogen) atoms. The molecule has 0 heterocycles. The minimum absolute atomic E-state index is 0. The lowest BCUT2D eigenvalue weighted by Crippen LogP contribution is -2.16. The first-order valence-electron chi connectivity index (χ1n) is 9.97. The summed E-state index contributed by atoms with van der Waals surface area (Å²) in [5.74, 6) is 0.894. The second-order valence-electron chi connectivity index (χ2n) is 7.03. The lowest BCUT2D eigenvalue weighted by atomic mass is 10.0. The van der Waals surface area contributed by atoms with E-state index in [4.69, 9.17) is 27.9 Å². The molecule has 2 nitrogen and oxygen atoms in total. The Morgan fingerprint density at radius 3 is 2.55 bits per heavy atom. The third-order valence-electron chi connectivity index (χ3n) is 4.90. The number of rotatable bonds is 10. The molecule has 156 valence electrons. The fourth-order valence-corrected chi connectivity index (χ4v) is 3.78. The average Bonchev–Trinajstić information content (AvgIpc) is 2.70. The quantitative estimate of drug-likeness (QED) is 0.317. The Hall–Kier alpha value is -1.45. The lowest BCUT2D eigenvalue weighted by Gasteiger charge is -2.16. The molecule has 0 fully saturated rings. The average molecular weight is 453 g/mol. The van der Waals surface area contributed by atoms with E-state index >= 15 is 0 Å². The van der Waals surface area contributed by atoms with Gasteiger partial charge in [0.2, 0.25) is 0 Å². The molecule has 0 aliphatic heterocycles. The third kappa shape index (κ3) is 6.79. The molecule has 0 unspecified atom stereocenters. The predicted molar refractivity (Wildman–Crippen MR) is 128 cm³/mol. The van der Waals surface area contributed by atoms with Crippen LogP contribution in [0.15, 0.2) is 54.6 Å². The van der Waals surface area contributed by atoms with Gasteiger partial charge in [0, 0.05) is 27.7 Å². The number of unbranched alkanes of at least 4 members (excludes halogenated alkanes) is 3. The number of ether oxygens (including phenoxy) is 1. The molecule has 0 saturated carbocycles. The van der Waals surface area contributed by atoms with Gasteiger partial charge in [-0.2, -0.15) is 0 Å². The van der Waals surface area contributed by atoms with Crippen molar-refractivity contribution in [3.63, 3.8) is 0 Å². The van der Waals surface area contributed by atoms with Crippen molar-refractivity contribution in [2.45, 2.75) is 45.8 Å². The summed E-state index contributed by atoms with van der Waals surface area (Å²) in [7, 11) is 0. The minimum atomic E-state index is 0. The lowest BCUT2D eigenvalue weighted by molar-refractivity contribution is 0.303. The van der Waals surface area contributed by atoms with Crippen LogP contribution < -0.4 is 10.1 Å². The Bertz CT molecular complexity index is 914. The van der Waals surface area contributed by atoms with E-state index in [1.165, 1.54) is 42.0 Å². The Morgan fingerprint density at radius 2 is 1.76 bits per heavy atom. The maximum Gasteiger partial charge on any atom is 0.124 e. The predicted octanol–water partition coefficient (Wildman–Crippen LogP) is 7.82. The molecule has 3 aromatic rings.